The van der Waals surface area contributed by atoms with E-state index in [1.54, 1.807) is 0 Å². The third-order valence-corrected chi connectivity index (χ3v) is 12.7. The van der Waals surface area contributed by atoms with Gasteiger partial charge in [0.05, 0.1) is 0 Å². The first-order valence-electron chi connectivity index (χ1n) is 20.4. The van der Waals surface area contributed by atoms with Crippen LogP contribution in [-0.2, 0) is 0 Å². The average Bonchev–Trinajstić information content (AvgIpc) is 3.71. The zero-order chi connectivity index (χ0) is 38.6. The highest BCUT2D eigenvalue weighted by atomic mass is 16.3. The maximum atomic E-state index is 6.70. The molecular formula is C58H34O. The molecule has 1 aromatic heterocycles. The normalized spacial score (nSPS) is 12.1. The van der Waals surface area contributed by atoms with E-state index in [9.17, 15) is 0 Å². The maximum Gasteiger partial charge on any atom is 0.143 e. The van der Waals surface area contributed by atoms with Gasteiger partial charge in [-0.1, -0.05) is 164 Å². The number of hydrogen-bond donors (Lipinski definition) is 0. The van der Waals surface area contributed by atoms with E-state index in [0.717, 1.165) is 21.9 Å². The van der Waals surface area contributed by atoms with E-state index in [0.29, 0.717) is 0 Å². The Kier molecular flexibility index (Phi) is 6.79. The summed E-state index contributed by atoms with van der Waals surface area (Å²) in [5.41, 5.74) is 11.6. The molecule has 59 heavy (non-hydrogen) atoms. The number of rotatable bonds is 4. The van der Waals surface area contributed by atoms with Crippen molar-refractivity contribution in [3.8, 4) is 44.5 Å². The van der Waals surface area contributed by atoms with Crippen LogP contribution in [0.1, 0.15) is 0 Å². The monoisotopic (exact) mass is 746 g/mol. The van der Waals surface area contributed by atoms with Crippen molar-refractivity contribution in [2.45, 2.75) is 0 Å². The quantitative estimate of drug-likeness (QED) is 0.164. The van der Waals surface area contributed by atoms with E-state index in [1.807, 2.05) is 0 Å². The van der Waals surface area contributed by atoms with Crippen LogP contribution in [0.3, 0.4) is 0 Å². The highest BCUT2D eigenvalue weighted by Gasteiger charge is 2.22. The minimum atomic E-state index is 0.925. The van der Waals surface area contributed by atoms with Crippen molar-refractivity contribution < 1.29 is 4.42 Å². The van der Waals surface area contributed by atoms with Crippen molar-refractivity contribution in [2.24, 2.45) is 0 Å². The van der Waals surface area contributed by atoms with Gasteiger partial charge in [0.15, 0.2) is 0 Å². The molecule has 0 aliphatic heterocycles. The minimum Gasteiger partial charge on any atom is -0.455 e. The highest BCUT2D eigenvalue weighted by molar-refractivity contribution is 6.38. The molecule has 1 heterocycles. The van der Waals surface area contributed by atoms with Crippen molar-refractivity contribution in [1.82, 2.24) is 0 Å². The fraction of sp³-hybridized carbons (Fsp3) is 0. The Labute approximate surface area is 340 Å². The summed E-state index contributed by atoms with van der Waals surface area (Å²) < 4.78 is 6.70. The molecule has 0 amide bonds. The van der Waals surface area contributed by atoms with Crippen molar-refractivity contribution >= 4 is 86.6 Å². The van der Waals surface area contributed by atoms with Gasteiger partial charge >= 0.3 is 0 Å². The molecule has 0 spiro atoms. The molecule has 0 saturated carbocycles. The SMILES string of the molecule is c1ccc(-c2cc(-c3ccccc3)cc(-c3cc4c5ccccc5c(-c5cc6cccc7c8c9ccccc9oc8c8cccc5c8c67)cc4c4ccccc34)c2)cc1. The molecule has 0 atom stereocenters. The van der Waals surface area contributed by atoms with Gasteiger partial charge in [-0.2, -0.15) is 0 Å². The fourth-order valence-corrected chi connectivity index (χ4v) is 10.2. The Hall–Kier alpha value is -7.74. The summed E-state index contributed by atoms with van der Waals surface area (Å²) in [6, 6.07) is 75.9. The van der Waals surface area contributed by atoms with Gasteiger partial charge in [-0.15, -0.1) is 0 Å². The number of hydrogen-bond acceptors (Lipinski definition) is 1. The van der Waals surface area contributed by atoms with Crippen molar-refractivity contribution in [3.05, 3.63) is 206 Å². The summed E-state index contributed by atoms with van der Waals surface area (Å²) >= 11 is 0. The number of furan rings is 1. The molecular weight excluding hydrogens is 713 g/mol. The maximum absolute atomic E-state index is 6.70. The predicted octanol–water partition coefficient (Wildman–Crippen LogP) is 16.6. The van der Waals surface area contributed by atoms with Crippen LogP contribution < -0.4 is 0 Å². The second kappa shape index (κ2) is 12.4. The predicted molar refractivity (Wildman–Crippen MR) is 252 cm³/mol. The molecule has 1 heteroatoms. The van der Waals surface area contributed by atoms with Gasteiger partial charge in [0.2, 0.25) is 0 Å². The van der Waals surface area contributed by atoms with Crippen LogP contribution in [-0.4, -0.2) is 0 Å². The molecule has 272 valence electrons. The molecule has 13 aromatic rings. The van der Waals surface area contributed by atoms with Gasteiger partial charge < -0.3 is 4.42 Å². The molecule has 0 N–H and O–H groups in total. The molecule has 0 aliphatic carbocycles. The fourth-order valence-electron chi connectivity index (χ4n) is 10.2. The summed E-state index contributed by atoms with van der Waals surface area (Å²) in [7, 11) is 0. The van der Waals surface area contributed by atoms with E-state index >= 15 is 0 Å². The lowest BCUT2D eigenvalue weighted by molar-refractivity contribution is 0.673. The first kappa shape index (κ1) is 32.4. The minimum absolute atomic E-state index is 0.925. The highest BCUT2D eigenvalue weighted by Crippen LogP contribution is 2.49. The third kappa shape index (κ3) is 4.73. The van der Waals surface area contributed by atoms with Crippen LogP contribution in [0.15, 0.2) is 211 Å². The summed E-state index contributed by atoms with van der Waals surface area (Å²) in [5.74, 6) is 0. The van der Waals surface area contributed by atoms with Crippen LogP contribution >= 0.6 is 0 Å². The van der Waals surface area contributed by atoms with Crippen LogP contribution in [0.4, 0.5) is 0 Å². The Balaban J connectivity index is 1.12. The Morgan fingerprint density at radius 3 is 1.42 bits per heavy atom. The van der Waals surface area contributed by atoms with Gasteiger partial charge in [0.1, 0.15) is 11.2 Å². The Bertz CT molecular complexity index is 3760. The van der Waals surface area contributed by atoms with Crippen LogP contribution in [0.25, 0.3) is 131 Å². The Morgan fingerprint density at radius 1 is 0.237 bits per heavy atom. The van der Waals surface area contributed by atoms with Gasteiger partial charge in [-0.05, 0) is 141 Å². The molecule has 1 nitrogen and oxygen atoms in total. The van der Waals surface area contributed by atoms with E-state index in [4.69, 9.17) is 4.42 Å². The van der Waals surface area contributed by atoms with E-state index in [2.05, 4.69) is 206 Å². The molecule has 0 saturated heterocycles. The van der Waals surface area contributed by atoms with Gasteiger partial charge in [0.25, 0.3) is 0 Å². The van der Waals surface area contributed by atoms with Gasteiger partial charge in [0, 0.05) is 21.5 Å². The van der Waals surface area contributed by atoms with Crippen LogP contribution in [0.5, 0.6) is 0 Å². The lowest BCUT2D eigenvalue weighted by Gasteiger charge is -2.19. The van der Waals surface area contributed by atoms with Crippen molar-refractivity contribution in [2.75, 3.05) is 0 Å². The van der Waals surface area contributed by atoms with Crippen molar-refractivity contribution in [1.29, 1.82) is 0 Å². The van der Waals surface area contributed by atoms with Crippen molar-refractivity contribution in [3.63, 3.8) is 0 Å². The lowest BCUT2D eigenvalue weighted by Crippen LogP contribution is -1.92. The number of fused-ring (bicyclic) bond motifs is 10. The molecule has 0 bridgehead atoms. The summed E-state index contributed by atoms with van der Waals surface area (Å²) in [5, 5.41) is 17.3. The number of benzene rings is 12. The lowest BCUT2D eigenvalue weighted by atomic mass is 9.83. The zero-order valence-corrected chi connectivity index (χ0v) is 32.0. The standard InChI is InChI=1S/C58H34O/c1-3-15-35(16-4-1)38-29-39(36-17-5-2-6-18-36)31-40(30-38)49-33-51-43-22-9-10-23-44(43)52(34-53(51)42-21-8-7-20-41(42)49)50-32-37-19-13-26-47-55(37)56-45(50)25-14-27-48(56)58-57(47)46-24-11-12-28-54(46)59-58/h1-34H. The largest absolute Gasteiger partial charge is 0.455 e. The Morgan fingerprint density at radius 2 is 0.729 bits per heavy atom. The summed E-state index contributed by atoms with van der Waals surface area (Å²) in [4.78, 5) is 0. The van der Waals surface area contributed by atoms with Crippen LogP contribution in [0.2, 0.25) is 0 Å². The molecule has 13 rings (SSSR count). The zero-order valence-electron chi connectivity index (χ0n) is 32.0. The molecule has 0 radical (unpaired) electrons. The average molecular weight is 747 g/mol. The third-order valence-electron chi connectivity index (χ3n) is 12.7. The number of para-hydroxylation sites is 1. The summed E-state index contributed by atoms with van der Waals surface area (Å²) in [6.07, 6.45) is 0. The second-order valence-electron chi connectivity index (χ2n) is 15.9. The molecule has 0 aliphatic rings. The molecule has 12 aromatic carbocycles. The van der Waals surface area contributed by atoms with Crippen LogP contribution in [0, 0.1) is 0 Å². The topological polar surface area (TPSA) is 13.1 Å². The summed E-state index contributed by atoms with van der Waals surface area (Å²) in [6.45, 7) is 0. The smallest absolute Gasteiger partial charge is 0.143 e. The van der Waals surface area contributed by atoms with Gasteiger partial charge in [-0.25, -0.2) is 0 Å². The molecule has 0 unspecified atom stereocenters. The first-order valence-corrected chi connectivity index (χ1v) is 20.4. The van der Waals surface area contributed by atoms with E-state index in [1.165, 1.54) is 109 Å². The van der Waals surface area contributed by atoms with E-state index < -0.39 is 0 Å². The second-order valence-corrected chi connectivity index (χ2v) is 15.9. The van der Waals surface area contributed by atoms with E-state index in [-0.39, 0.29) is 0 Å². The molecule has 0 fully saturated rings. The van der Waals surface area contributed by atoms with Gasteiger partial charge in [-0.3, -0.25) is 0 Å². The first-order chi connectivity index (χ1) is 29.3.